The first-order valence-electron chi connectivity index (χ1n) is 4.82. The number of carbonyl (C=O) groups is 1. The zero-order chi connectivity index (χ0) is 10.8. The van der Waals surface area contributed by atoms with Crippen molar-refractivity contribution in [3.05, 3.63) is 35.1 Å². The lowest BCUT2D eigenvalue weighted by molar-refractivity contribution is -0.129. The van der Waals surface area contributed by atoms with Crippen LogP contribution in [0.2, 0.25) is 0 Å². The molecule has 0 unspecified atom stereocenters. The van der Waals surface area contributed by atoms with E-state index in [1.165, 1.54) is 12.1 Å². The van der Waals surface area contributed by atoms with Crippen molar-refractivity contribution in [1.82, 2.24) is 4.90 Å². The average molecular weight is 228 g/mol. The predicted molar refractivity (Wildman–Crippen MR) is 56.2 cm³/mol. The Balaban J connectivity index is 2.20. The van der Waals surface area contributed by atoms with Crippen molar-refractivity contribution in [3.63, 3.8) is 0 Å². The summed E-state index contributed by atoms with van der Waals surface area (Å²) >= 11 is 5.49. The van der Waals surface area contributed by atoms with Crippen LogP contribution in [0.5, 0.6) is 0 Å². The van der Waals surface area contributed by atoms with E-state index in [1.807, 2.05) is 0 Å². The summed E-state index contributed by atoms with van der Waals surface area (Å²) in [4.78, 5) is 13.1. The lowest BCUT2D eigenvalue weighted by atomic mass is 10.00. The molecule has 0 fully saturated rings. The number of rotatable bonds is 1. The Morgan fingerprint density at radius 1 is 1.47 bits per heavy atom. The van der Waals surface area contributed by atoms with E-state index in [2.05, 4.69) is 0 Å². The molecule has 0 spiro atoms. The van der Waals surface area contributed by atoms with Crippen LogP contribution in [-0.2, 0) is 17.8 Å². The van der Waals surface area contributed by atoms with Crippen molar-refractivity contribution in [2.24, 2.45) is 0 Å². The number of carbonyl (C=O) groups excluding carboxylic acids is 1. The smallest absolute Gasteiger partial charge is 0.237 e. The molecule has 1 aliphatic rings. The fraction of sp³-hybridized carbons (Fsp3) is 0.364. The molecular formula is C11H11ClFNO. The van der Waals surface area contributed by atoms with Gasteiger partial charge in [-0.3, -0.25) is 4.79 Å². The Labute approximate surface area is 92.6 Å². The van der Waals surface area contributed by atoms with Crippen LogP contribution in [0.3, 0.4) is 0 Å². The zero-order valence-corrected chi connectivity index (χ0v) is 8.93. The van der Waals surface area contributed by atoms with Crippen molar-refractivity contribution in [1.29, 1.82) is 0 Å². The highest BCUT2D eigenvalue weighted by atomic mass is 35.5. The minimum atomic E-state index is -0.217. The summed E-state index contributed by atoms with van der Waals surface area (Å²) in [7, 11) is 0. The van der Waals surface area contributed by atoms with Crippen LogP contribution in [0.25, 0.3) is 0 Å². The first-order valence-corrected chi connectivity index (χ1v) is 5.35. The van der Waals surface area contributed by atoms with Gasteiger partial charge in [-0.2, -0.15) is 0 Å². The molecule has 0 bridgehead atoms. The molecule has 2 rings (SSSR count). The van der Waals surface area contributed by atoms with Crippen molar-refractivity contribution in [3.8, 4) is 0 Å². The second-order valence-electron chi connectivity index (χ2n) is 3.61. The van der Waals surface area contributed by atoms with Gasteiger partial charge in [-0.15, -0.1) is 11.6 Å². The number of nitrogens with zero attached hydrogens (tertiary/aromatic N) is 1. The molecule has 1 amide bonds. The summed E-state index contributed by atoms with van der Waals surface area (Å²) < 4.78 is 12.9. The van der Waals surface area contributed by atoms with Gasteiger partial charge in [0.05, 0.1) is 0 Å². The van der Waals surface area contributed by atoms with Gasteiger partial charge in [0.15, 0.2) is 0 Å². The summed E-state index contributed by atoms with van der Waals surface area (Å²) in [6.45, 7) is 1.17. The summed E-state index contributed by atoms with van der Waals surface area (Å²) in [5, 5.41) is 0. The molecule has 0 aromatic heterocycles. The van der Waals surface area contributed by atoms with Crippen LogP contribution >= 0.6 is 11.6 Å². The third-order valence-electron chi connectivity index (χ3n) is 2.65. The number of hydrogen-bond acceptors (Lipinski definition) is 1. The van der Waals surface area contributed by atoms with Gasteiger partial charge in [-0.05, 0) is 29.7 Å². The Hall–Kier alpha value is -1.09. The normalized spacial score (nSPS) is 14.9. The Morgan fingerprint density at radius 2 is 2.27 bits per heavy atom. The number of amides is 1. The van der Waals surface area contributed by atoms with E-state index in [0.29, 0.717) is 19.5 Å². The molecule has 15 heavy (non-hydrogen) atoms. The Kier molecular flexibility index (Phi) is 2.91. The lowest BCUT2D eigenvalue weighted by Crippen LogP contribution is -2.36. The van der Waals surface area contributed by atoms with E-state index < -0.39 is 0 Å². The maximum Gasteiger partial charge on any atom is 0.237 e. The maximum atomic E-state index is 12.9. The largest absolute Gasteiger partial charge is 0.337 e. The molecule has 1 aromatic rings. The van der Waals surface area contributed by atoms with Gasteiger partial charge in [0.1, 0.15) is 11.7 Å². The molecule has 2 nitrogen and oxygen atoms in total. The number of hydrogen-bond donors (Lipinski definition) is 0. The molecule has 1 aliphatic heterocycles. The first-order chi connectivity index (χ1) is 7.20. The summed E-state index contributed by atoms with van der Waals surface area (Å²) in [5.74, 6) is -0.270. The van der Waals surface area contributed by atoms with Gasteiger partial charge in [-0.25, -0.2) is 4.39 Å². The van der Waals surface area contributed by atoms with Gasteiger partial charge in [0.2, 0.25) is 5.91 Å². The molecule has 0 atom stereocenters. The van der Waals surface area contributed by atoms with Crippen molar-refractivity contribution >= 4 is 17.5 Å². The summed E-state index contributed by atoms with van der Waals surface area (Å²) in [6.07, 6.45) is 0.704. The van der Waals surface area contributed by atoms with Crippen LogP contribution in [-0.4, -0.2) is 23.2 Å². The van der Waals surface area contributed by atoms with E-state index in [4.69, 9.17) is 11.6 Å². The Morgan fingerprint density at radius 3 is 3.00 bits per heavy atom. The SMILES string of the molecule is O=C(CCl)N1CCc2cc(F)ccc2C1. The van der Waals surface area contributed by atoms with Gasteiger partial charge in [0, 0.05) is 13.1 Å². The van der Waals surface area contributed by atoms with Crippen LogP contribution in [0.1, 0.15) is 11.1 Å². The molecule has 0 saturated carbocycles. The number of fused-ring (bicyclic) bond motifs is 1. The highest BCUT2D eigenvalue weighted by Crippen LogP contribution is 2.19. The fourth-order valence-electron chi connectivity index (χ4n) is 1.82. The number of benzene rings is 1. The van der Waals surface area contributed by atoms with E-state index in [1.54, 1.807) is 11.0 Å². The third kappa shape index (κ3) is 2.12. The number of halogens is 2. The van der Waals surface area contributed by atoms with Gasteiger partial charge >= 0.3 is 0 Å². The predicted octanol–water partition coefficient (Wildman–Crippen LogP) is 1.95. The average Bonchev–Trinajstić information content (AvgIpc) is 2.27. The molecular weight excluding hydrogens is 217 g/mol. The monoisotopic (exact) mass is 227 g/mol. The topological polar surface area (TPSA) is 20.3 Å². The molecule has 80 valence electrons. The van der Waals surface area contributed by atoms with E-state index in [0.717, 1.165) is 11.1 Å². The molecule has 0 saturated heterocycles. The molecule has 1 aromatic carbocycles. The van der Waals surface area contributed by atoms with Gasteiger partial charge in [0.25, 0.3) is 0 Å². The van der Waals surface area contributed by atoms with Crippen molar-refractivity contribution in [2.45, 2.75) is 13.0 Å². The molecule has 0 radical (unpaired) electrons. The van der Waals surface area contributed by atoms with Gasteiger partial charge < -0.3 is 4.90 Å². The maximum absolute atomic E-state index is 12.9. The highest BCUT2D eigenvalue weighted by Gasteiger charge is 2.19. The van der Waals surface area contributed by atoms with Gasteiger partial charge in [-0.1, -0.05) is 6.07 Å². The quantitative estimate of drug-likeness (QED) is 0.672. The van der Waals surface area contributed by atoms with E-state index in [9.17, 15) is 9.18 Å². The van der Waals surface area contributed by atoms with Crippen LogP contribution in [0, 0.1) is 5.82 Å². The van der Waals surface area contributed by atoms with Crippen molar-refractivity contribution < 1.29 is 9.18 Å². The summed E-state index contributed by atoms with van der Waals surface area (Å²) in [6, 6.07) is 4.70. The fourth-order valence-corrected chi connectivity index (χ4v) is 1.99. The Bertz CT molecular complexity index is 394. The molecule has 0 N–H and O–H groups in total. The standard InChI is InChI=1S/C11H11ClFNO/c12-6-11(15)14-4-3-8-5-10(13)2-1-9(8)7-14/h1-2,5H,3-4,6-7H2. The van der Waals surface area contributed by atoms with Crippen LogP contribution < -0.4 is 0 Å². The minimum Gasteiger partial charge on any atom is -0.337 e. The lowest BCUT2D eigenvalue weighted by Gasteiger charge is -2.28. The van der Waals surface area contributed by atoms with Crippen molar-refractivity contribution in [2.75, 3.05) is 12.4 Å². The zero-order valence-electron chi connectivity index (χ0n) is 8.17. The second-order valence-corrected chi connectivity index (χ2v) is 3.88. The highest BCUT2D eigenvalue weighted by molar-refractivity contribution is 6.27. The third-order valence-corrected chi connectivity index (χ3v) is 2.88. The van der Waals surface area contributed by atoms with Crippen LogP contribution in [0.4, 0.5) is 4.39 Å². The molecule has 1 heterocycles. The van der Waals surface area contributed by atoms with E-state index >= 15 is 0 Å². The second kappa shape index (κ2) is 4.19. The summed E-state index contributed by atoms with van der Waals surface area (Å²) in [5.41, 5.74) is 2.01. The van der Waals surface area contributed by atoms with E-state index in [-0.39, 0.29) is 17.6 Å². The van der Waals surface area contributed by atoms with Crippen LogP contribution in [0.15, 0.2) is 18.2 Å². The molecule has 4 heteroatoms. The minimum absolute atomic E-state index is 0.0104. The first kappa shape index (κ1) is 10.4. The molecule has 0 aliphatic carbocycles. The number of alkyl halides is 1.